The summed E-state index contributed by atoms with van der Waals surface area (Å²) < 4.78 is 18.1. The molecule has 0 heterocycles. The highest BCUT2D eigenvalue weighted by atomic mass is 35.5. The second-order valence-electron chi connectivity index (χ2n) is 2.58. The van der Waals surface area contributed by atoms with Gasteiger partial charge in [0.25, 0.3) is 0 Å². The highest BCUT2D eigenvalue weighted by molar-refractivity contribution is 6.25. The summed E-state index contributed by atoms with van der Waals surface area (Å²) in [5.41, 5.74) is 1.98. The average Bonchev–Trinajstić information content (AvgIpc) is 2.12. The quantitative estimate of drug-likeness (QED) is 0.728. The third-order valence-electron chi connectivity index (χ3n) is 1.58. The molecule has 0 saturated heterocycles. The zero-order valence-electron chi connectivity index (χ0n) is 7.26. The minimum atomic E-state index is -0.257. The molecule has 0 N–H and O–H groups in total. The molecule has 1 nitrogen and oxygen atoms in total. The van der Waals surface area contributed by atoms with Crippen molar-refractivity contribution in [2.75, 3.05) is 6.61 Å². The summed E-state index contributed by atoms with van der Waals surface area (Å²) in [5.74, 6) is 0.255. The molecule has 0 unspecified atom stereocenters. The van der Waals surface area contributed by atoms with Crippen molar-refractivity contribution in [2.24, 2.45) is 0 Å². The zero-order valence-corrected chi connectivity index (χ0v) is 8.01. The number of ether oxygens (including phenoxy) is 1. The van der Waals surface area contributed by atoms with Gasteiger partial charge < -0.3 is 4.74 Å². The van der Waals surface area contributed by atoms with Crippen molar-refractivity contribution in [3.8, 4) is 5.75 Å². The standard InChI is InChI=1S/C10H10ClFO/c1-8-3-4-9(7-10(8)12)13-6-2-5-11/h2-5,7H,6H2,1H3/b5-2+. The molecule has 1 rings (SSSR count). The van der Waals surface area contributed by atoms with E-state index in [9.17, 15) is 4.39 Å². The van der Waals surface area contributed by atoms with Gasteiger partial charge in [-0.3, -0.25) is 0 Å². The van der Waals surface area contributed by atoms with Gasteiger partial charge in [-0.15, -0.1) is 0 Å². The van der Waals surface area contributed by atoms with Crippen LogP contribution < -0.4 is 4.74 Å². The van der Waals surface area contributed by atoms with E-state index in [1.165, 1.54) is 11.6 Å². The van der Waals surface area contributed by atoms with Crippen molar-refractivity contribution < 1.29 is 9.13 Å². The average molecular weight is 201 g/mol. The molecule has 0 atom stereocenters. The lowest BCUT2D eigenvalue weighted by Gasteiger charge is -2.03. The highest BCUT2D eigenvalue weighted by Gasteiger charge is 1.98. The minimum absolute atomic E-state index is 0.257. The number of rotatable bonds is 3. The predicted octanol–water partition coefficient (Wildman–Crippen LogP) is 3.27. The van der Waals surface area contributed by atoms with Crippen molar-refractivity contribution in [3.05, 3.63) is 41.2 Å². The molecular weight excluding hydrogens is 191 g/mol. The van der Waals surface area contributed by atoms with Gasteiger partial charge in [-0.1, -0.05) is 17.7 Å². The number of hydrogen-bond acceptors (Lipinski definition) is 1. The monoisotopic (exact) mass is 200 g/mol. The van der Waals surface area contributed by atoms with E-state index in [4.69, 9.17) is 16.3 Å². The van der Waals surface area contributed by atoms with Crippen LogP contribution in [0.5, 0.6) is 5.75 Å². The van der Waals surface area contributed by atoms with Gasteiger partial charge in [0.1, 0.15) is 18.2 Å². The summed E-state index contributed by atoms with van der Waals surface area (Å²) >= 11 is 5.29. The summed E-state index contributed by atoms with van der Waals surface area (Å²) in [7, 11) is 0. The highest BCUT2D eigenvalue weighted by Crippen LogP contribution is 2.15. The molecule has 0 aliphatic rings. The molecule has 0 aromatic heterocycles. The van der Waals surface area contributed by atoms with Crippen molar-refractivity contribution in [2.45, 2.75) is 6.92 Å². The van der Waals surface area contributed by atoms with Crippen molar-refractivity contribution >= 4 is 11.6 Å². The summed E-state index contributed by atoms with van der Waals surface area (Å²) in [5, 5.41) is 0. The Morgan fingerprint density at radius 2 is 2.31 bits per heavy atom. The van der Waals surface area contributed by atoms with Gasteiger partial charge in [0, 0.05) is 11.6 Å². The third kappa shape index (κ3) is 3.07. The second kappa shape index (κ2) is 4.87. The van der Waals surface area contributed by atoms with E-state index in [0.717, 1.165) is 0 Å². The molecule has 1 aromatic rings. The van der Waals surface area contributed by atoms with Gasteiger partial charge >= 0.3 is 0 Å². The van der Waals surface area contributed by atoms with E-state index in [0.29, 0.717) is 17.9 Å². The van der Waals surface area contributed by atoms with E-state index in [1.54, 1.807) is 25.1 Å². The molecule has 0 saturated carbocycles. The molecule has 0 spiro atoms. The summed E-state index contributed by atoms with van der Waals surface area (Å²) in [6.07, 6.45) is 1.64. The first-order chi connectivity index (χ1) is 6.24. The molecule has 13 heavy (non-hydrogen) atoms. The Morgan fingerprint density at radius 3 is 2.92 bits per heavy atom. The molecule has 0 bridgehead atoms. The Bertz CT molecular complexity index is 310. The van der Waals surface area contributed by atoms with Crippen LogP contribution in [0.15, 0.2) is 29.8 Å². The predicted molar refractivity (Wildman–Crippen MR) is 51.6 cm³/mol. The van der Waals surface area contributed by atoms with Crippen LogP contribution in [0, 0.1) is 12.7 Å². The van der Waals surface area contributed by atoms with Crippen LogP contribution in [0.3, 0.4) is 0 Å². The number of halogens is 2. The molecule has 3 heteroatoms. The Hall–Kier alpha value is -1.02. The molecule has 0 fully saturated rings. The fraction of sp³-hybridized carbons (Fsp3) is 0.200. The first kappa shape index (κ1) is 10.1. The van der Waals surface area contributed by atoms with E-state index >= 15 is 0 Å². The lowest BCUT2D eigenvalue weighted by molar-refractivity contribution is 0.360. The van der Waals surface area contributed by atoms with Gasteiger partial charge in [0.05, 0.1) is 0 Å². The lowest BCUT2D eigenvalue weighted by atomic mass is 10.2. The Labute approximate surface area is 81.8 Å². The van der Waals surface area contributed by atoms with Crippen molar-refractivity contribution in [1.82, 2.24) is 0 Å². The van der Waals surface area contributed by atoms with Crippen molar-refractivity contribution in [3.63, 3.8) is 0 Å². The molecule has 0 aliphatic heterocycles. The molecule has 0 amide bonds. The summed E-state index contributed by atoms with van der Waals surface area (Å²) in [6.45, 7) is 2.06. The summed E-state index contributed by atoms with van der Waals surface area (Å²) in [6, 6.07) is 4.76. The summed E-state index contributed by atoms with van der Waals surface area (Å²) in [4.78, 5) is 0. The van der Waals surface area contributed by atoms with E-state index < -0.39 is 0 Å². The first-order valence-electron chi connectivity index (χ1n) is 3.88. The fourth-order valence-electron chi connectivity index (χ4n) is 0.844. The Morgan fingerprint density at radius 1 is 1.54 bits per heavy atom. The van der Waals surface area contributed by atoms with Crippen LogP contribution in [0.4, 0.5) is 4.39 Å². The molecule has 70 valence electrons. The van der Waals surface area contributed by atoms with Gasteiger partial charge in [-0.05, 0) is 24.6 Å². The molecule has 1 aromatic carbocycles. The maximum atomic E-state index is 13.0. The maximum Gasteiger partial charge on any atom is 0.129 e. The van der Waals surface area contributed by atoms with Gasteiger partial charge in [-0.25, -0.2) is 4.39 Å². The maximum absolute atomic E-state index is 13.0. The normalized spacial score (nSPS) is 10.7. The lowest BCUT2D eigenvalue weighted by Crippen LogP contribution is -1.94. The van der Waals surface area contributed by atoms with Crippen LogP contribution in [0.1, 0.15) is 5.56 Å². The second-order valence-corrected chi connectivity index (χ2v) is 2.84. The van der Waals surface area contributed by atoms with Crippen LogP contribution in [0.2, 0.25) is 0 Å². The number of aryl methyl sites for hydroxylation is 1. The minimum Gasteiger partial charge on any atom is -0.489 e. The van der Waals surface area contributed by atoms with Gasteiger partial charge in [0.2, 0.25) is 0 Å². The van der Waals surface area contributed by atoms with Crippen LogP contribution >= 0.6 is 11.6 Å². The van der Waals surface area contributed by atoms with Gasteiger partial charge in [0.15, 0.2) is 0 Å². The molecule has 0 aliphatic carbocycles. The first-order valence-corrected chi connectivity index (χ1v) is 4.32. The number of hydrogen-bond donors (Lipinski definition) is 0. The van der Waals surface area contributed by atoms with Crippen LogP contribution in [0.25, 0.3) is 0 Å². The molecule has 0 radical (unpaired) electrons. The Kier molecular flexibility index (Phi) is 3.77. The largest absolute Gasteiger partial charge is 0.489 e. The van der Waals surface area contributed by atoms with Crippen LogP contribution in [-0.4, -0.2) is 6.61 Å². The Balaban J connectivity index is 2.63. The van der Waals surface area contributed by atoms with E-state index in [-0.39, 0.29) is 5.82 Å². The SMILES string of the molecule is Cc1ccc(OC/C=C/Cl)cc1F. The van der Waals surface area contributed by atoms with Crippen molar-refractivity contribution in [1.29, 1.82) is 0 Å². The van der Waals surface area contributed by atoms with Crippen LogP contribution in [-0.2, 0) is 0 Å². The zero-order chi connectivity index (χ0) is 9.68. The number of benzene rings is 1. The third-order valence-corrected chi connectivity index (χ3v) is 1.76. The smallest absolute Gasteiger partial charge is 0.129 e. The van der Waals surface area contributed by atoms with E-state index in [2.05, 4.69) is 0 Å². The fourth-order valence-corrected chi connectivity index (χ4v) is 0.917. The molecular formula is C10H10ClFO. The van der Waals surface area contributed by atoms with Gasteiger partial charge in [-0.2, -0.15) is 0 Å². The topological polar surface area (TPSA) is 9.23 Å². The van der Waals surface area contributed by atoms with E-state index in [1.807, 2.05) is 0 Å².